The third-order valence-corrected chi connectivity index (χ3v) is 1.06. The highest BCUT2D eigenvalue weighted by molar-refractivity contribution is 6.08. The molecule has 0 N–H and O–H groups in total. The quantitative estimate of drug-likeness (QED) is 0.399. The Bertz CT molecular complexity index is 5.25. The molecule has 0 bridgehead atoms. The van der Waals surface area contributed by atoms with Gasteiger partial charge in [0.2, 0.25) is 0 Å². The van der Waals surface area contributed by atoms with Crippen LogP contribution in [0.15, 0.2) is 0 Å². The maximum Gasteiger partial charge on any atom is 0.173 e. The molecule has 4 heavy (non-hydrogen) atoms. The number of hydrogen-bond acceptors (Lipinski definition) is 0. The van der Waals surface area contributed by atoms with Gasteiger partial charge in [0.1, 0.15) is 0 Å². The van der Waals surface area contributed by atoms with E-state index in [-0.39, 0.29) is 0 Å². The monoisotopic (exact) mass is 71.0 g/mol. The van der Waals surface area contributed by atoms with Crippen molar-refractivity contribution in [3.63, 3.8) is 0 Å². The highest BCUT2D eigenvalue weighted by Gasteiger charge is 1.57. The molecule has 0 rings (SSSR count). The van der Waals surface area contributed by atoms with Crippen LogP contribution in [0.2, 0.25) is 5.28 Å². The Morgan fingerprint density at radius 3 is 2.00 bits per heavy atom. The minimum absolute atomic E-state index is 1.33. The van der Waals surface area contributed by atoms with E-state index < -0.39 is 0 Å². The van der Waals surface area contributed by atoms with Gasteiger partial charge in [0.15, 0.2) is 16.3 Å². The van der Waals surface area contributed by atoms with Crippen molar-refractivity contribution in [2.45, 2.75) is 18.6 Å². The second-order valence-electron chi connectivity index (χ2n) is 0.854. The van der Waals surface area contributed by atoms with E-state index in [1.165, 1.54) is 11.7 Å². The van der Waals surface area contributed by atoms with Crippen molar-refractivity contribution in [2.24, 2.45) is 0 Å². The van der Waals surface area contributed by atoms with E-state index in [0.717, 1.165) is 0 Å². The minimum atomic E-state index is 1.33. The zero-order valence-electron chi connectivity index (χ0n) is 3.12. The summed E-state index contributed by atoms with van der Waals surface area (Å²) in [6.07, 6.45) is 1.33. The van der Waals surface area contributed by atoms with Crippen LogP contribution in [0.1, 0.15) is 13.3 Å². The van der Waals surface area contributed by atoms with Crippen LogP contribution in [0.5, 0.6) is 0 Å². The van der Waals surface area contributed by atoms with E-state index in [9.17, 15) is 0 Å². The number of rotatable bonds is 1. The normalized spacial score (nSPS) is 7.25. The Labute approximate surface area is 35.6 Å². The molecule has 0 unspecified atom stereocenters. The topological polar surface area (TPSA) is 0 Å². The largest absolute Gasteiger partial charge is 0.173 e. The summed E-state index contributed by atoms with van der Waals surface area (Å²) in [6.45, 7) is 2.19. The standard InChI is InChI=1S/C3H7.Al.H/c1-3-2;;/h1,3H2,2H3;;. The fourth-order valence-electron chi connectivity index (χ4n) is 0. The second kappa shape index (κ2) is 3.53. The van der Waals surface area contributed by atoms with Crippen LogP contribution >= 0.6 is 0 Å². The van der Waals surface area contributed by atoms with Gasteiger partial charge in [-0.3, -0.25) is 0 Å². The molecule has 0 nitrogen and oxygen atoms in total. The molecule has 0 heterocycles. The highest BCUT2D eigenvalue weighted by Crippen LogP contribution is 1.73. The van der Waals surface area contributed by atoms with Gasteiger partial charge in [0.25, 0.3) is 0 Å². The molecule has 0 aliphatic rings. The minimum Gasteiger partial charge on any atom is -0.109 e. The zero-order valence-corrected chi connectivity index (χ0v) is 4.54. The molecule has 1 heteroatoms. The first-order chi connectivity index (χ1) is 1.91. The van der Waals surface area contributed by atoms with Crippen LogP contribution < -0.4 is 0 Å². The molecule has 1 radical (unpaired) electrons. The summed E-state index contributed by atoms with van der Waals surface area (Å²) < 4.78 is 0. The first-order valence-corrected chi connectivity index (χ1v) is 2.71. The van der Waals surface area contributed by atoms with Crippen LogP contribution in [0.4, 0.5) is 0 Å². The van der Waals surface area contributed by atoms with Crippen molar-refractivity contribution in [2.75, 3.05) is 0 Å². The lowest BCUT2D eigenvalue weighted by atomic mass is 10.6. The summed E-state index contributed by atoms with van der Waals surface area (Å²) in [5.41, 5.74) is 0. The molecule has 23 valence electrons. The third kappa shape index (κ3) is 2.53. The summed E-state index contributed by atoms with van der Waals surface area (Å²) in [5.74, 6) is 0. The molecule has 0 amide bonds. The molecule has 0 aromatic heterocycles. The van der Waals surface area contributed by atoms with Crippen LogP contribution in [0.3, 0.4) is 0 Å². The predicted octanol–water partition coefficient (Wildman–Crippen LogP) is 0.716. The van der Waals surface area contributed by atoms with Gasteiger partial charge < -0.3 is 0 Å². The molecule has 0 saturated carbocycles. The van der Waals surface area contributed by atoms with Crippen molar-refractivity contribution in [3.05, 3.63) is 0 Å². The fraction of sp³-hybridized carbons (Fsp3) is 1.00. The molecule has 0 aromatic carbocycles. The molecule has 0 fully saturated rings. The molecule has 0 aliphatic carbocycles. The lowest BCUT2D eigenvalue weighted by molar-refractivity contribution is 1.08. The van der Waals surface area contributed by atoms with Crippen molar-refractivity contribution < 1.29 is 0 Å². The van der Waals surface area contributed by atoms with E-state index in [0.29, 0.717) is 0 Å². The summed E-state index contributed by atoms with van der Waals surface area (Å²) in [7, 11) is 0. The van der Waals surface area contributed by atoms with Gasteiger partial charge in [0.05, 0.1) is 0 Å². The van der Waals surface area contributed by atoms with E-state index in [1.54, 1.807) is 0 Å². The van der Waals surface area contributed by atoms with Crippen LogP contribution in [0, 0.1) is 0 Å². The van der Waals surface area contributed by atoms with Gasteiger partial charge in [-0.25, -0.2) is 0 Å². The predicted molar refractivity (Wildman–Crippen MR) is 22.2 cm³/mol. The van der Waals surface area contributed by atoms with Crippen molar-refractivity contribution in [1.29, 1.82) is 0 Å². The summed E-state index contributed by atoms with van der Waals surface area (Å²) in [5, 5.41) is 1.35. The Morgan fingerprint density at radius 2 is 2.00 bits per heavy atom. The molecular weight excluding hydrogens is 63.0 g/mol. The summed E-state index contributed by atoms with van der Waals surface area (Å²) >= 11 is 2.02. The maximum absolute atomic E-state index is 2.19. The van der Waals surface area contributed by atoms with E-state index >= 15 is 0 Å². The van der Waals surface area contributed by atoms with Gasteiger partial charge in [-0.1, -0.05) is 13.3 Å². The van der Waals surface area contributed by atoms with E-state index in [2.05, 4.69) is 6.92 Å². The lowest BCUT2D eigenvalue weighted by Gasteiger charge is -1.67. The van der Waals surface area contributed by atoms with Gasteiger partial charge in [-0.2, -0.15) is 0 Å². The lowest BCUT2D eigenvalue weighted by Crippen LogP contribution is -1.55. The van der Waals surface area contributed by atoms with E-state index in [4.69, 9.17) is 0 Å². The summed E-state index contributed by atoms with van der Waals surface area (Å²) in [4.78, 5) is 0. The Kier molecular flexibility index (Phi) is 4.00. The van der Waals surface area contributed by atoms with Gasteiger partial charge >= 0.3 is 0 Å². The van der Waals surface area contributed by atoms with Gasteiger partial charge in [0, 0.05) is 0 Å². The molecule has 0 atom stereocenters. The molecular formula is C3H8Al. The Balaban J connectivity index is 1.97. The van der Waals surface area contributed by atoms with Crippen molar-refractivity contribution >= 4 is 16.3 Å². The van der Waals surface area contributed by atoms with Crippen LogP contribution in [-0.2, 0) is 0 Å². The zero-order chi connectivity index (χ0) is 3.41. The summed E-state index contributed by atoms with van der Waals surface area (Å²) in [6, 6.07) is 0. The van der Waals surface area contributed by atoms with Gasteiger partial charge in [-0.05, 0) is 0 Å². The van der Waals surface area contributed by atoms with Gasteiger partial charge in [-0.15, -0.1) is 5.28 Å². The highest BCUT2D eigenvalue weighted by atomic mass is 27.0. The Hall–Kier alpha value is 0.532. The third-order valence-electron chi connectivity index (χ3n) is 0.354. The molecule has 0 spiro atoms. The Morgan fingerprint density at radius 1 is 1.75 bits per heavy atom. The first-order valence-electron chi connectivity index (χ1n) is 1.71. The van der Waals surface area contributed by atoms with Crippen LogP contribution in [-0.4, -0.2) is 16.3 Å². The maximum atomic E-state index is 2.19. The first kappa shape index (κ1) is 4.53. The van der Waals surface area contributed by atoms with Crippen molar-refractivity contribution in [1.82, 2.24) is 0 Å². The smallest absolute Gasteiger partial charge is 0.109 e. The average Bonchev–Trinajstić information content (AvgIpc) is 1.37. The van der Waals surface area contributed by atoms with Crippen molar-refractivity contribution in [3.8, 4) is 0 Å². The number of hydrogen-bond donors (Lipinski definition) is 0. The molecule has 0 aliphatic heterocycles. The SMILES string of the molecule is CC[CH2][AlH]. The second-order valence-corrected chi connectivity index (χ2v) is 1.56. The fourth-order valence-corrected chi connectivity index (χ4v) is 0. The van der Waals surface area contributed by atoms with E-state index in [1.807, 2.05) is 16.3 Å². The molecule has 0 aromatic rings. The molecule has 0 saturated heterocycles. The van der Waals surface area contributed by atoms with Crippen LogP contribution in [0.25, 0.3) is 0 Å². The average molecular weight is 71.1 g/mol.